The number of anilines is 1. The summed E-state index contributed by atoms with van der Waals surface area (Å²) in [5.74, 6) is 0.260. The van der Waals surface area contributed by atoms with Gasteiger partial charge in [-0.2, -0.15) is 0 Å². The number of benzene rings is 1. The summed E-state index contributed by atoms with van der Waals surface area (Å²) in [6.45, 7) is 4.81. The Morgan fingerprint density at radius 3 is 3.00 bits per heavy atom. The van der Waals surface area contributed by atoms with E-state index in [9.17, 15) is 5.11 Å². The smallest absolute Gasteiger partial charge is 0.0598 e. The highest BCUT2D eigenvalue weighted by Gasteiger charge is 2.26. The average molecular weight is 177 g/mol. The van der Waals surface area contributed by atoms with Crippen molar-refractivity contribution >= 4 is 5.69 Å². The highest BCUT2D eigenvalue weighted by atomic mass is 16.3. The first-order valence-electron chi connectivity index (χ1n) is 4.71. The van der Waals surface area contributed by atoms with Crippen LogP contribution in [0.4, 0.5) is 5.69 Å². The normalized spacial score (nSPS) is 22.2. The monoisotopic (exact) mass is 177 g/mol. The summed E-state index contributed by atoms with van der Waals surface area (Å²) >= 11 is 0. The molecule has 0 aromatic heterocycles. The summed E-state index contributed by atoms with van der Waals surface area (Å²) in [5.41, 5.74) is 3.75. The maximum Gasteiger partial charge on any atom is 0.0598 e. The predicted molar refractivity (Wildman–Crippen MR) is 54.1 cm³/mol. The van der Waals surface area contributed by atoms with Gasteiger partial charge in [0.1, 0.15) is 0 Å². The molecule has 0 bridgehead atoms. The van der Waals surface area contributed by atoms with Crippen LogP contribution in [0.15, 0.2) is 18.2 Å². The molecule has 2 unspecified atom stereocenters. The first-order chi connectivity index (χ1) is 6.20. The second-order valence-electron chi connectivity index (χ2n) is 3.76. The molecule has 0 saturated carbocycles. The van der Waals surface area contributed by atoms with Crippen molar-refractivity contribution in [1.82, 2.24) is 0 Å². The van der Waals surface area contributed by atoms with Crippen molar-refractivity contribution in [3.05, 3.63) is 29.3 Å². The van der Waals surface area contributed by atoms with Gasteiger partial charge in [-0.05, 0) is 31.0 Å². The zero-order valence-electron chi connectivity index (χ0n) is 8.04. The van der Waals surface area contributed by atoms with Gasteiger partial charge in [-0.1, -0.05) is 12.1 Å². The quantitative estimate of drug-likeness (QED) is 0.686. The Morgan fingerprint density at radius 2 is 2.31 bits per heavy atom. The van der Waals surface area contributed by atoms with Crippen LogP contribution < -0.4 is 5.32 Å². The third-order valence-corrected chi connectivity index (χ3v) is 2.79. The molecule has 70 valence electrons. The largest absolute Gasteiger partial charge is 0.393 e. The maximum atomic E-state index is 9.58. The molecule has 0 fully saturated rings. The molecular weight excluding hydrogens is 162 g/mol. The van der Waals surface area contributed by atoms with E-state index in [0.29, 0.717) is 0 Å². The van der Waals surface area contributed by atoms with Crippen LogP contribution in [0.1, 0.15) is 24.0 Å². The van der Waals surface area contributed by atoms with Gasteiger partial charge in [0.25, 0.3) is 0 Å². The minimum absolute atomic E-state index is 0.260. The molecule has 13 heavy (non-hydrogen) atoms. The SMILES string of the molecule is Cc1cccc2c1C(C(C)O)CN2. The van der Waals surface area contributed by atoms with Crippen molar-refractivity contribution in [2.45, 2.75) is 25.9 Å². The molecule has 1 aliphatic heterocycles. The van der Waals surface area contributed by atoms with Crippen molar-refractivity contribution in [3.63, 3.8) is 0 Å². The third kappa shape index (κ3) is 1.31. The van der Waals surface area contributed by atoms with E-state index in [-0.39, 0.29) is 12.0 Å². The van der Waals surface area contributed by atoms with Gasteiger partial charge in [-0.3, -0.25) is 0 Å². The van der Waals surface area contributed by atoms with Gasteiger partial charge in [0.05, 0.1) is 6.10 Å². The molecule has 1 aromatic carbocycles. The Balaban J connectivity index is 2.46. The van der Waals surface area contributed by atoms with Crippen LogP contribution in [0.25, 0.3) is 0 Å². The molecule has 0 radical (unpaired) electrons. The van der Waals surface area contributed by atoms with Crippen molar-refractivity contribution in [3.8, 4) is 0 Å². The van der Waals surface area contributed by atoms with E-state index in [2.05, 4.69) is 24.4 Å². The first-order valence-corrected chi connectivity index (χ1v) is 4.71. The Hall–Kier alpha value is -1.02. The molecule has 2 atom stereocenters. The van der Waals surface area contributed by atoms with Crippen LogP contribution in [0, 0.1) is 6.92 Å². The highest BCUT2D eigenvalue weighted by Crippen LogP contribution is 2.35. The molecule has 2 nitrogen and oxygen atoms in total. The Labute approximate surface area is 78.6 Å². The van der Waals surface area contributed by atoms with Gasteiger partial charge >= 0.3 is 0 Å². The molecule has 0 amide bonds. The fourth-order valence-corrected chi connectivity index (χ4v) is 2.06. The molecule has 1 aromatic rings. The highest BCUT2D eigenvalue weighted by molar-refractivity contribution is 5.60. The average Bonchev–Trinajstić information content (AvgIpc) is 2.49. The zero-order valence-corrected chi connectivity index (χ0v) is 8.04. The topological polar surface area (TPSA) is 32.3 Å². The van der Waals surface area contributed by atoms with Gasteiger partial charge in [-0.25, -0.2) is 0 Å². The molecule has 2 rings (SSSR count). The number of rotatable bonds is 1. The summed E-state index contributed by atoms with van der Waals surface area (Å²) in [6, 6.07) is 6.22. The zero-order chi connectivity index (χ0) is 9.42. The van der Waals surface area contributed by atoms with Crippen LogP contribution in [0.5, 0.6) is 0 Å². The fourth-order valence-electron chi connectivity index (χ4n) is 2.06. The standard InChI is InChI=1S/C11H15NO/c1-7-4-3-5-10-11(7)9(6-12-10)8(2)13/h3-5,8-9,12-13H,6H2,1-2H3. The summed E-state index contributed by atoms with van der Waals surface area (Å²) in [7, 11) is 0. The number of hydrogen-bond donors (Lipinski definition) is 2. The van der Waals surface area contributed by atoms with Gasteiger partial charge < -0.3 is 10.4 Å². The Kier molecular flexibility index (Phi) is 2.00. The minimum atomic E-state index is -0.269. The number of hydrogen-bond acceptors (Lipinski definition) is 2. The lowest BCUT2D eigenvalue weighted by Crippen LogP contribution is -2.16. The van der Waals surface area contributed by atoms with Gasteiger partial charge in [-0.15, -0.1) is 0 Å². The summed E-state index contributed by atoms with van der Waals surface area (Å²) in [4.78, 5) is 0. The maximum absolute atomic E-state index is 9.58. The van der Waals surface area contributed by atoms with Crippen molar-refractivity contribution in [1.29, 1.82) is 0 Å². The van der Waals surface area contributed by atoms with Crippen molar-refractivity contribution < 1.29 is 5.11 Å². The van der Waals surface area contributed by atoms with E-state index in [1.54, 1.807) is 0 Å². The molecular formula is C11H15NO. The minimum Gasteiger partial charge on any atom is -0.393 e. The fraction of sp³-hybridized carbons (Fsp3) is 0.455. The summed E-state index contributed by atoms with van der Waals surface area (Å²) < 4.78 is 0. The predicted octanol–water partition coefficient (Wildman–Crippen LogP) is 1.88. The third-order valence-electron chi connectivity index (χ3n) is 2.79. The molecule has 1 heterocycles. The molecule has 2 N–H and O–H groups in total. The molecule has 0 saturated heterocycles. The van der Waals surface area contributed by atoms with Gasteiger partial charge in [0, 0.05) is 18.2 Å². The lowest BCUT2D eigenvalue weighted by atomic mass is 9.93. The van der Waals surface area contributed by atoms with E-state index in [1.807, 2.05) is 13.0 Å². The van der Waals surface area contributed by atoms with E-state index in [1.165, 1.54) is 16.8 Å². The first kappa shape index (κ1) is 8.57. The molecule has 0 aliphatic carbocycles. The number of aryl methyl sites for hydroxylation is 1. The molecule has 2 heteroatoms. The Morgan fingerprint density at radius 1 is 1.54 bits per heavy atom. The van der Waals surface area contributed by atoms with Crippen LogP contribution in [-0.2, 0) is 0 Å². The molecule has 0 spiro atoms. The van der Waals surface area contributed by atoms with E-state index < -0.39 is 0 Å². The number of aliphatic hydroxyl groups excluding tert-OH is 1. The van der Waals surface area contributed by atoms with Gasteiger partial charge in [0.15, 0.2) is 0 Å². The molecule has 1 aliphatic rings. The number of nitrogens with one attached hydrogen (secondary N) is 1. The van der Waals surface area contributed by atoms with Crippen LogP contribution in [0.2, 0.25) is 0 Å². The number of fused-ring (bicyclic) bond motifs is 1. The van der Waals surface area contributed by atoms with E-state index in [4.69, 9.17) is 0 Å². The van der Waals surface area contributed by atoms with Crippen LogP contribution in [0.3, 0.4) is 0 Å². The van der Waals surface area contributed by atoms with Crippen molar-refractivity contribution in [2.75, 3.05) is 11.9 Å². The van der Waals surface area contributed by atoms with Crippen LogP contribution in [-0.4, -0.2) is 17.8 Å². The second-order valence-corrected chi connectivity index (χ2v) is 3.76. The van der Waals surface area contributed by atoms with Crippen molar-refractivity contribution in [2.24, 2.45) is 0 Å². The Bertz CT molecular complexity index is 320. The van der Waals surface area contributed by atoms with E-state index >= 15 is 0 Å². The van der Waals surface area contributed by atoms with E-state index in [0.717, 1.165) is 6.54 Å². The lowest BCUT2D eigenvalue weighted by molar-refractivity contribution is 0.169. The number of aliphatic hydroxyl groups is 1. The summed E-state index contributed by atoms with van der Waals surface area (Å²) in [6.07, 6.45) is -0.269. The summed E-state index contributed by atoms with van der Waals surface area (Å²) in [5, 5.41) is 12.9. The lowest BCUT2D eigenvalue weighted by Gasteiger charge is -2.15. The van der Waals surface area contributed by atoms with Crippen LogP contribution >= 0.6 is 0 Å². The second kappa shape index (κ2) is 3.04. The van der Waals surface area contributed by atoms with Gasteiger partial charge in [0.2, 0.25) is 0 Å².